The van der Waals surface area contributed by atoms with Gasteiger partial charge >= 0.3 is 0 Å². The Bertz CT molecular complexity index is 6070. The normalized spacial score (nSPS) is 13.9. The summed E-state index contributed by atoms with van der Waals surface area (Å²) in [5, 5.41) is 6.50. The number of para-hydroxylation sites is 3. The first-order valence-electron chi connectivity index (χ1n) is 36.0. The minimum absolute atomic E-state index is 0.0960. The molecule has 2 aliphatic heterocycles. The van der Waals surface area contributed by atoms with Gasteiger partial charge in [-0.25, -0.2) is 0 Å². The first-order chi connectivity index (χ1) is 48.6. The van der Waals surface area contributed by atoms with Gasteiger partial charge in [0.1, 0.15) is 11.2 Å². The highest BCUT2D eigenvalue weighted by atomic mass is 16.3. The molecule has 2 aliphatic rings. The Morgan fingerprint density at radius 1 is 0.333 bits per heavy atom. The summed E-state index contributed by atoms with van der Waals surface area (Å²) in [5.41, 5.74) is 24.6. The Kier molecular flexibility index (Phi) is 11.6. The van der Waals surface area contributed by atoms with Crippen molar-refractivity contribution in [2.45, 2.75) is 78.6 Å². The molecule has 13 aromatic carbocycles. The predicted octanol–water partition coefficient (Wildman–Crippen LogP) is 22.8. The van der Waals surface area contributed by atoms with E-state index < -0.39 is 18.2 Å². The lowest BCUT2D eigenvalue weighted by Gasteiger charge is -2.46. The van der Waals surface area contributed by atoms with Crippen molar-refractivity contribution in [2.75, 3.05) is 9.80 Å². The lowest BCUT2D eigenvalue weighted by Crippen LogP contribution is -2.61. The van der Waals surface area contributed by atoms with E-state index in [0.29, 0.717) is 5.56 Å². The molecule has 16 aromatic rings. The number of benzene rings is 13. The van der Waals surface area contributed by atoms with Crippen molar-refractivity contribution in [3.63, 3.8) is 0 Å². The third kappa shape index (κ3) is 8.91. The van der Waals surface area contributed by atoms with Crippen LogP contribution in [0.3, 0.4) is 0 Å². The highest BCUT2D eigenvalue weighted by Crippen LogP contribution is 2.55. The molecule has 0 saturated carbocycles. The maximum atomic E-state index is 9.55. The van der Waals surface area contributed by atoms with Crippen LogP contribution in [-0.2, 0) is 16.2 Å². The number of rotatable bonds is 7. The van der Waals surface area contributed by atoms with E-state index in [4.69, 9.17) is 8.53 Å². The molecule has 0 N–H and O–H groups in total. The Hall–Kier alpha value is -11.1. The predicted molar refractivity (Wildman–Crippen MR) is 409 cm³/mol. The lowest BCUT2D eigenvalue weighted by molar-refractivity contribution is 0.590. The maximum Gasteiger partial charge on any atom is 0.252 e. The second kappa shape index (κ2) is 21.2. The smallest absolute Gasteiger partial charge is 0.252 e. The van der Waals surface area contributed by atoms with Gasteiger partial charge in [0, 0.05) is 66.6 Å². The fourth-order valence-corrected chi connectivity index (χ4v) is 15.6. The van der Waals surface area contributed by atoms with Gasteiger partial charge in [-0.1, -0.05) is 238 Å². The number of furan rings is 1. The molecule has 3 aromatic heterocycles. The van der Waals surface area contributed by atoms with Crippen molar-refractivity contribution in [2.24, 2.45) is 0 Å². The molecule has 0 fully saturated rings. The van der Waals surface area contributed by atoms with Crippen LogP contribution in [0, 0.1) is 0 Å². The Morgan fingerprint density at radius 3 is 1.55 bits per heavy atom. The van der Waals surface area contributed by atoms with Crippen LogP contribution in [-0.4, -0.2) is 15.8 Å². The van der Waals surface area contributed by atoms with E-state index in [0.717, 1.165) is 144 Å². The van der Waals surface area contributed by atoms with Gasteiger partial charge in [-0.05, 0) is 180 Å². The number of aromatic nitrogens is 2. The molecule has 0 amide bonds. The molecule has 0 aliphatic carbocycles. The molecule has 96 heavy (non-hydrogen) atoms. The van der Waals surface area contributed by atoms with Crippen LogP contribution >= 0.6 is 0 Å². The van der Waals surface area contributed by atoms with Crippen LogP contribution in [0.1, 0.15) is 85.9 Å². The third-order valence-electron chi connectivity index (χ3n) is 20.4. The molecule has 0 spiro atoms. The lowest BCUT2D eigenvalue weighted by atomic mass is 9.33. The zero-order valence-corrected chi connectivity index (χ0v) is 55.4. The van der Waals surface area contributed by atoms with Crippen LogP contribution in [0.15, 0.2) is 283 Å². The summed E-state index contributed by atoms with van der Waals surface area (Å²) in [6.45, 7) is 20.2. The molecule has 6 heteroatoms. The standard InChI is InChI=1S/C90H73BN4O/c1-88(2,3)61-39-45-74-69(51-61)70-52-62(89(4,5)6)40-46-75(70)93(74)65-41-44-72-77(55-65)94(79-50-60(57-28-16-11-17-29-57)49-78-84(79)67-34-22-24-36-73(67)92(78)64-32-20-13-21-33-64)80-53-63(90(7,8)9)54-81-86(80)91(72)71-43-38-59(56-26-14-10-15-27-56)48-76(71)95(81)87-66(58-30-18-12-19-31-58)42-47-83-85(87)68-35-23-25-37-82(68)96-83/h10-55H,1-9H3/i10D,14D,15D,26D,27D. The molecular weight excluding hydrogens is 1160 g/mol. The topological polar surface area (TPSA) is 29.5 Å². The van der Waals surface area contributed by atoms with Crippen molar-refractivity contribution in [1.82, 2.24) is 9.13 Å². The molecule has 0 bridgehead atoms. The second-order valence-electron chi connectivity index (χ2n) is 29.3. The van der Waals surface area contributed by atoms with Crippen molar-refractivity contribution < 1.29 is 11.3 Å². The van der Waals surface area contributed by atoms with Gasteiger partial charge in [0.15, 0.2) is 0 Å². The molecule has 18 rings (SSSR count). The van der Waals surface area contributed by atoms with Crippen LogP contribution < -0.4 is 26.2 Å². The monoisotopic (exact) mass is 1240 g/mol. The van der Waals surface area contributed by atoms with E-state index in [1.807, 2.05) is 18.2 Å². The minimum Gasteiger partial charge on any atom is -0.456 e. The Morgan fingerprint density at radius 2 is 0.885 bits per heavy atom. The van der Waals surface area contributed by atoms with E-state index in [9.17, 15) is 2.74 Å². The van der Waals surface area contributed by atoms with E-state index in [1.165, 1.54) is 21.9 Å². The van der Waals surface area contributed by atoms with Crippen LogP contribution in [0.25, 0.3) is 110 Å². The quantitative estimate of drug-likeness (QED) is 0.149. The summed E-state index contributed by atoms with van der Waals surface area (Å²) in [6, 6.07) is 89.0. The van der Waals surface area contributed by atoms with Crippen molar-refractivity contribution >= 4 is 123 Å². The minimum atomic E-state index is -0.435. The number of hydrogen-bond acceptors (Lipinski definition) is 3. The zero-order valence-electron chi connectivity index (χ0n) is 60.4. The number of nitrogens with zero attached hydrogens (tertiary/aromatic N) is 4. The highest BCUT2D eigenvalue weighted by Gasteiger charge is 2.46. The highest BCUT2D eigenvalue weighted by molar-refractivity contribution is 7.00. The van der Waals surface area contributed by atoms with Crippen molar-refractivity contribution in [3.05, 3.63) is 296 Å². The average molecular weight is 1240 g/mol. The molecule has 5 nitrogen and oxygen atoms in total. The third-order valence-corrected chi connectivity index (χ3v) is 20.4. The van der Waals surface area contributed by atoms with E-state index in [-0.39, 0.29) is 40.6 Å². The van der Waals surface area contributed by atoms with Crippen LogP contribution in [0.2, 0.25) is 0 Å². The van der Waals surface area contributed by atoms with Gasteiger partial charge in [-0.15, -0.1) is 0 Å². The summed E-state index contributed by atoms with van der Waals surface area (Å²) < 4.78 is 57.8. The fourth-order valence-electron chi connectivity index (χ4n) is 15.6. The molecule has 5 heterocycles. The van der Waals surface area contributed by atoms with Gasteiger partial charge in [0.05, 0.1) is 45.7 Å². The molecule has 462 valence electrons. The average Bonchev–Trinajstić information content (AvgIpc) is 1.40. The summed E-state index contributed by atoms with van der Waals surface area (Å²) >= 11 is 0. The summed E-state index contributed by atoms with van der Waals surface area (Å²) in [4.78, 5) is 5.05. The molecule has 0 unspecified atom stereocenters. The van der Waals surface area contributed by atoms with Crippen LogP contribution in [0.5, 0.6) is 0 Å². The van der Waals surface area contributed by atoms with Crippen molar-refractivity contribution in [3.8, 4) is 44.8 Å². The zero-order chi connectivity index (χ0) is 69.4. The molecule has 0 atom stereocenters. The largest absolute Gasteiger partial charge is 0.456 e. The van der Waals surface area contributed by atoms with Gasteiger partial charge in [0.25, 0.3) is 6.71 Å². The maximum absolute atomic E-state index is 9.55. The van der Waals surface area contributed by atoms with Gasteiger partial charge < -0.3 is 23.4 Å². The SMILES string of the molecule is [2H]c1c([2H])c([2H])c(-c2ccc3c(c2)N(c2c(-c4ccccc4)ccc4oc5ccccc5c24)c2cc(C(C)(C)C)cc4c2B3c2ccc(-n3c5ccc(C(C)(C)C)cc5c5cc(C(C)(C)C)ccc53)cc2N4c2cc(-c3ccccc3)cc3c2c2ccccc2n3-c2ccccc2)c([2H])c1[2H]. The summed E-state index contributed by atoms with van der Waals surface area (Å²) in [5.74, 6) is 0. The van der Waals surface area contributed by atoms with Gasteiger partial charge in [-0.3, -0.25) is 0 Å². The van der Waals surface area contributed by atoms with E-state index >= 15 is 0 Å². The number of fused-ring (bicyclic) bond motifs is 13. The first-order valence-corrected chi connectivity index (χ1v) is 33.5. The summed E-state index contributed by atoms with van der Waals surface area (Å²) in [7, 11) is 0. The van der Waals surface area contributed by atoms with E-state index in [1.54, 1.807) is 0 Å². The first kappa shape index (κ1) is 52.3. The van der Waals surface area contributed by atoms with Gasteiger partial charge in [-0.2, -0.15) is 0 Å². The van der Waals surface area contributed by atoms with Gasteiger partial charge in [0.2, 0.25) is 0 Å². The number of hydrogen-bond donors (Lipinski definition) is 0. The summed E-state index contributed by atoms with van der Waals surface area (Å²) in [6.07, 6.45) is 0. The van der Waals surface area contributed by atoms with Crippen LogP contribution in [0.4, 0.5) is 34.1 Å². The van der Waals surface area contributed by atoms with E-state index in [2.05, 4.69) is 312 Å². The molecule has 0 saturated heterocycles. The van der Waals surface area contributed by atoms with Crippen molar-refractivity contribution in [1.29, 1.82) is 0 Å². The molecular formula is C90H73BN4O. The fraction of sp³-hybridized carbons (Fsp3) is 0.133. The number of anilines is 6. The Balaban J connectivity index is 1.03. The second-order valence-corrected chi connectivity index (χ2v) is 29.3. The Labute approximate surface area is 568 Å². The molecule has 0 radical (unpaired) electrons.